The molecule has 0 aliphatic rings. The highest BCUT2D eigenvalue weighted by Crippen LogP contribution is 2.27. The molecule has 30 heavy (non-hydrogen) atoms. The van der Waals surface area contributed by atoms with Gasteiger partial charge in [-0.1, -0.05) is 18.1 Å². The minimum atomic E-state index is -0.352. The van der Waals surface area contributed by atoms with E-state index >= 15 is 0 Å². The van der Waals surface area contributed by atoms with Gasteiger partial charge in [0.2, 0.25) is 0 Å². The van der Waals surface area contributed by atoms with Crippen molar-refractivity contribution in [3.8, 4) is 17.2 Å². The topological polar surface area (TPSA) is 92.8 Å². The van der Waals surface area contributed by atoms with Crippen molar-refractivity contribution in [2.75, 3.05) is 14.2 Å². The molecule has 0 unspecified atom stereocenters. The molecule has 0 saturated heterocycles. The van der Waals surface area contributed by atoms with E-state index < -0.39 is 0 Å². The minimum absolute atomic E-state index is 0.190. The van der Waals surface area contributed by atoms with Gasteiger partial charge in [-0.15, -0.1) is 0 Å². The quantitative estimate of drug-likeness (QED) is 0.418. The van der Waals surface area contributed by atoms with Crippen molar-refractivity contribution < 1.29 is 14.3 Å². The fraction of sp³-hybridized carbons (Fsp3) is 0.333. The highest BCUT2D eigenvalue weighted by Gasteiger charge is 2.16. The largest absolute Gasteiger partial charge is 0.496 e. The maximum absolute atomic E-state index is 12.3. The van der Waals surface area contributed by atoms with Crippen LogP contribution in [0.1, 0.15) is 30.0 Å². The zero-order valence-electron chi connectivity index (χ0n) is 17.7. The molecule has 0 N–H and O–H groups in total. The lowest BCUT2D eigenvalue weighted by Crippen LogP contribution is -2.23. The molecule has 1 heterocycles. The number of methoxy groups -OCH3 is 1. The molecule has 0 radical (unpaired) electrons. The Bertz CT molecular complexity index is 1120. The zero-order chi connectivity index (χ0) is 21.7. The molecule has 0 amide bonds. The van der Waals surface area contributed by atoms with Gasteiger partial charge < -0.3 is 14.3 Å². The summed E-state index contributed by atoms with van der Waals surface area (Å²) in [4.78, 5) is 17.2. The molecule has 0 atom stereocenters. The van der Waals surface area contributed by atoms with Crippen molar-refractivity contribution in [2.24, 2.45) is 12.2 Å². The number of hydrogen-bond donors (Lipinski definition) is 0. The van der Waals surface area contributed by atoms with Gasteiger partial charge in [0.1, 0.15) is 25.2 Å². The number of ether oxygens (including phenoxy) is 2. The summed E-state index contributed by atoms with van der Waals surface area (Å²) in [6.07, 6.45) is 0.755. The lowest BCUT2D eigenvalue weighted by atomic mass is 10.0. The molecule has 9 heteroatoms. The molecule has 0 aliphatic heterocycles. The first kappa shape index (κ1) is 21.1. The lowest BCUT2D eigenvalue weighted by molar-refractivity contribution is 0.213. The number of hydrogen-bond acceptors (Lipinski definition) is 7. The van der Waals surface area contributed by atoms with Crippen LogP contribution in [0.3, 0.4) is 0 Å². The second-order valence-electron chi connectivity index (χ2n) is 6.60. The Kier molecular flexibility index (Phi) is 6.51. The summed E-state index contributed by atoms with van der Waals surface area (Å²) in [5.41, 5.74) is 3.70. The van der Waals surface area contributed by atoms with E-state index in [4.69, 9.17) is 14.3 Å². The molecule has 0 saturated carbocycles. The molecule has 2 aromatic carbocycles. The van der Waals surface area contributed by atoms with E-state index in [2.05, 4.69) is 15.6 Å². The van der Waals surface area contributed by atoms with Crippen molar-refractivity contribution in [1.82, 2.24) is 19.8 Å². The van der Waals surface area contributed by atoms with Crippen molar-refractivity contribution in [2.45, 2.75) is 26.9 Å². The predicted molar refractivity (Wildman–Crippen MR) is 113 cm³/mol. The Morgan fingerprint density at radius 2 is 1.93 bits per heavy atom. The Hall–Kier alpha value is -3.62. The molecule has 9 nitrogen and oxygen atoms in total. The predicted octanol–water partition coefficient (Wildman–Crippen LogP) is 2.62. The highest BCUT2D eigenvalue weighted by molar-refractivity contribution is 6.00. The molecule has 1 aromatic heterocycles. The van der Waals surface area contributed by atoms with Gasteiger partial charge in [0.25, 0.3) is 0 Å². The summed E-state index contributed by atoms with van der Waals surface area (Å²) < 4.78 is 14.0. The van der Waals surface area contributed by atoms with Crippen molar-refractivity contribution >= 4 is 5.71 Å². The molecule has 0 fully saturated rings. The maximum atomic E-state index is 12.3. The first-order valence-corrected chi connectivity index (χ1v) is 9.49. The SMILES string of the molecule is CCC(=NOC)c1ccc(OCc2c(OC)cccc2-n2nnn(C)c2=O)c(C)c1. The summed E-state index contributed by atoms with van der Waals surface area (Å²) >= 11 is 0. The Labute approximate surface area is 174 Å². The van der Waals surface area contributed by atoms with E-state index in [-0.39, 0.29) is 12.3 Å². The maximum Gasteiger partial charge on any atom is 0.368 e. The van der Waals surface area contributed by atoms with Gasteiger partial charge in [-0.2, -0.15) is 9.36 Å². The van der Waals surface area contributed by atoms with Crippen LogP contribution in [0.5, 0.6) is 11.5 Å². The first-order valence-electron chi connectivity index (χ1n) is 9.49. The summed E-state index contributed by atoms with van der Waals surface area (Å²) in [6, 6.07) is 11.2. The van der Waals surface area contributed by atoms with Crippen LogP contribution in [0, 0.1) is 6.92 Å². The second kappa shape index (κ2) is 9.25. The fourth-order valence-electron chi connectivity index (χ4n) is 3.13. The lowest BCUT2D eigenvalue weighted by Gasteiger charge is -2.15. The van der Waals surface area contributed by atoms with Gasteiger partial charge in [-0.25, -0.2) is 4.79 Å². The minimum Gasteiger partial charge on any atom is -0.496 e. The van der Waals surface area contributed by atoms with Crippen LogP contribution in [0.2, 0.25) is 0 Å². The van der Waals surface area contributed by atoms with Crippen LogP contribution < -0.4 is 15.2 Å². The van der Waals surface area contributed by atoms with Gasteiger partial charge in [0.05, 0.1) is 24.1 Å². The Morgan fingerprint density at radius 3 is 2.53 bits per heavy atom. The van der Waals surface area contributed by atoms with Crippen molar-refractivity contribution in [3.63, 3.8) is 0 Å². The molecular weight excluding hydrogens is 386 g/mol. The Balaban J connectivity index is 1.92. The molecular formula is C21H25N5O4. The molecule has 3 rings (SSSR count). The van der Waals surface area contributed by atoms with Crippen LogP contribution in [0.15, 0.2) is 46.3 Å². The Morgan fingerprint density at radius 1 is 1.13 bits per heavy atom. The number of benzene rings is 2. The van der Waals surface area contributed by atoms with Gasteiger partial charge in [0, 0.05) is 7.05 Å². The molecule has 0 bridgehead atoms. The van der Waals surface area contributed by atoms with Gasteiger partial charge in [0.15, 0.2) is 0 Å². The molecule has 158 valence electrons. The van der Waals surface area contributed by atoms with E-state index in [0.29, 0.717) is 17.0 Å². The summed E-state index contributed by atoms with van der Waals surface area (Å²) in [5.74, 6) is 1.31. The first-order chi connectivity index (χ1) is 14.5. The second-order valence-corrected chi connectivity index (χ2v) is 6.60. The van der Waals surface area contributed by atoms with E-state index in [1.807, 2.05) is 38.1 Å². The van der Waals surface area contributed by atoms with Crippen LogP contribution in [0.25, 0.3) is 5.69 Å². The number of rotatable bonds is 8. The third-order valence-electron chi connectivity index (χ3n) is 4.69. The third-order valence-corrected chi connectivity index (χ3v) is 4.69. The molecule has 3 aromatic rings. The summed E-state index contributed by atoms with van der Waals surface area (Å²) in [6.45, 7) is 4.18. The van der Waals surface area contributed by atoms with E-state index in [1.54, 1.807) is 26.3 Å². The number of nitrogens with zero attached hydrogens (tertiary/aromatic N) is 5. The average molecular weight is 411 g/mol. The van der Waals surface area contributed by atoms with Crippen LogP contribution in [0.4, 0.5) is 0 Å². The number of aromatic nitrogens is 4. The summed E-state index contributed by atoms with van der Waals surface area (Å²) in [5, 5.41) is 11.8. The van der Waals surface area contributed by atoms with E-state index in [1.165, 1.54) is 16.5 Å². The van der Waals surface area contributed by atoms with Crippen LogP contribution in [-0.4, -0.2) is 39.7 Å². The molecule has 0 aliphatic carbocycles. The number of aryl methyl sites for hydroxylation is 2. The summed E-state index contributed by atoms with van der Waals surface area (Å²) in [7, 11) is 4.65. The third kappa shape index (κ3) is 4.19. The van der Waals surface area contributed by atoms with Crippen molar-refractivity contribution in [1.29, 1.82) is 0 Å². The zero-order valence-corrected chi connectivity index (χ0v) is 17.7. The smallest absolute Gasteiger partial charge is 0.368 e. The molecule has 0 spiro atoms. The van der Waals surface area contributed by atoms with E-state index in [9.17, 15) is 4.79 Å². The highest BCUT2D eigenvalue weighted by atomic mass is 16.6. The van der Waals surface area contributed by atoms with Crippen LogP contribution in [-0.2, 0) is 18.5 Å². The monoisotopic (exact) mass is 411 g/mol. The van der Waals surface area contributed by atoms with Crippen LogP contribution >= 0.6 is 0 Å². The number of oxime groups is 1. The number of tetrazole rings is 1. The van der Waals surface area contributed by atoms with Gasteiger partial charge >= 0.3 is 5.69 Å². The normalized spacial score (nSPS) is 11.4. The van der Waals surface area contributed by atoms with E-state index in [0.717, 1.165) is 29.0 Å². The average Bonchev–Trinajstić information content (AvgIpc) is 3.09. The van der Waals surface area contributed by atoms with Crippen molar-refractivity contribution in [3.05, 3.63) is 63.6 Å². The van der Waals surface area contributed by atoms with Gasteiger partial charge in [-0.3, -0.25) is 0 Å². The standard InChI is InChI=1S/C21H25N5O4/c1-6-17(22-29-5)15-10-11-19(14(2)12-15)30-13-16-18(8-7-9-20(16)28-4)26-21(27)25(3)23-24-26/h7-12H,6,13H2,1-5H3. The fourth-order valence-corrected chi connectivity index (χ4v) is 3.13. The van der Waals surface area contributed by atoms with Gasteiger partial charge in [-0.05, 0) is 65.2 Å².